The third-order valence-electron chi connectivity index (χ3n) is 3.71. The lowest BCUT2D eigenvalue weighted by Crippen LogP contribution is -2.25. The Hall–Kier alpha value is -3.27. The molecule has 0 bridgehead atoms. The van der Waals surface area contributed by atoms with Gasteiger partial charge in [-0.1, -0.05) is 0 Å². The number of nitrogens with zero attached hydrogens (tertiary/aromatic N) is 1. The van der Waals surface area contributed by atoms with E-state index >= 15 is 0 Å². The van der Waals surface area contributed by atoms with Crippen LogP contribution in [0, 0.1) is 15.9 Å². The van der Waals surface area contributed by atoms with Gasteiger partial charge in [0.2, 0.25) is 9.84 Å². The molecule has 3 rings (SSSR count). The molecule has 10 heteroatoms. The first-order valence-electron chi connectivity index (χ1n) is 7.32. The van der Waals surface area contributed by atoms with Crippen LogP contribution in [-0.2, 0) is 21.2 Å². The van der Waals surface area contributed by atoms with Crippen LogP contribution >= 0.6 is 0 Å². The van der Waals surface area contributed by atoms with Gasteiger partial charge in [0.15, 0.2) is 4.91 Å². The number of non-ortho nitro benzene ring substituents is 1. The number of amides is 1. The van der Waals surface area contributed by atoms with E-state index in [2.05, 4.69) is 10.6 Å². The zero-order valence-corrected chi connectivity index (χ0v) is 13.9. The second kappa shape index (κ2) is 6.56. The Morgan fingerprint density at radius 2 is 1.88 bits per heavy atom. The summed E-state index contributed by atoms with van der Waals surface area (Å²) in [7, 11) is -4.20. The van der Waals surface area contributed by atoms with E-state index in [0.29, 0.717) is 5.69 Å². The van der Waals surface area contributed by atoms with Gasteiger partial charge >= 0.3 is 0 Å². The number of nitro groups is 1. The summed E-state index contributed by atoms with van der Waals surface area (Å²) in [5.41, 5.74) is 0.234. The van der Waals surface area contributed by atoms with Gasteiger partial charge in [-0.2, -0.15) is 0 Å². The highest BCUT2D eigenvalue weighted by Gasteiger charge is 2.33. The summed E-state index contributed by atoms with van der Waals surface area (Å²) in [6.45, 7) is -0.164. The van der Waals surface area contributed by atoms with Crippen molar-refractivity contribution in [3.05, 3.63) is 75.1 Å². The van der Waals surface area contributed by atoms with E-state index in [-0.39, 0.29) is 22.7 Å². The Bertz CT molecular complexity index is 1030. The highest BCUT2D eigenvalue weighted by Crippen LogP contribution is 2.29. The molecule has 1 heterocycles. The predicted octanol–water partition coefficient (Wildman–Crippen LogP) is 2.09. The number of halogens is 1. The zero-order valence-electron chi connectivity index (χ0n) is 13.1. The first-order chi connectivity index (χ1) is 12.3. The molecule has 2 aromatic rings. The van der Waals surface area contributed by atoms with Gasteiger partial charge in [-0.05, 0) is 35.9 Å². The van der Waals surface area contributed by atoms with Gasteiger partial charge in [-0.3, -0.25) is 14.9 Å². The van der Waals surface area contributed by atoms with Crippen LogP contribution in [0.5, 0.6) is 0 Å². The highest BCUT2D eigenvalue weighted by molar-refractivity contribution is 7.96. The molecule has 0 aromatic heterocycles. The lowest BCUT2D eigenvalue weighted by atomic mass is 10.2. The molecule has 0 saturated carbocycles. The molecule has 0 spiro atoms. The van der Waals surface area contributed by atoms with E-state index in [0.717, 1.165) is 24.4 Å². The first-order valence-corrected chi connectivity index (χ1v) is 8.80. The lowest BCUT2D eigenvalue weighted by Gasteiger charge is -2.07. The van der Waals surface area contributed by atoms with Crippen molar-refractivity contribution in [2.24, 2.45) is 0 Å². The molecule has 1 aliphatic heterocycles. The molecule has 26 heavy (non-hydrogen) atoms. The van der Waals surface area contributed by atoms with Crippen molar-refractivity contribution in [2.45, 2.75) is 11.4 Å². The summed E-state index contributed by atoms with van der Waals surface area (Å²) >= 11 is 0. The van der Waals surface area contributed by atoms with Gasteiger partial charge in [0, 0.05) is 30.6 Å². The molecule has 8 nitrogen and oxygen atoms in total. The number of fused-ring (bicyclic) bond motifs is 1. The maximum Gasteiger partial charge on any atom is 0.269 e. The van der Waals surface area contributed by atoms with Gasteiger partial charge < -0.3 is 10.6 Å². The minimum absolute atomic E-state index is 0.123. The number of hydrogen-bond donors (Lipinski definition) is 2. The van der Waals surface area contributed by atoms with Crippen molar-refractivity contribution in [3.63, 3.8) is 0 Å². The number of rotatable bonds is 3. The van der Waals surface area contributed by atoms with E-state index in [1.165, 1.54) is 24.3 Å². The van der Waals surface area contributed by atoms with Crippen molar-refractivity contribution >= 4 is 27.1 Å². The van der Waals surface area contributed by atoms with E-state index in [1.54, 1.807) is 0 Å². The van der Waals surface area contributed by atoms with Crippen molar-refractivity contribution in [1.29, 1.82) is 0 Å². The number of nitrogens with one attached hydrogen (secondary N) is 2. The maximum atomic E-state index is 12.9. The van der Waals surface area contributed by atoms with Crippen LogP contribution in [0.1, 0.15) is 5.56 Å². The number of anilines is 1. The van der Waals surface area contributed by atoms with Gasteiger partial charge in [0.25, 0.3) is 11.6 Å². The first kappa shape index (κ1) is 17.5. The van der Waals surface area contributed by atoms with Crippen molar-refractivity contribution in [2.75, 3.05) is 5.32 Å². The summed E-state index contributed by atoms with van der Waals surface area (Å²) in [5, 5.41) is 15.9. The van der Waals surface area contributed by atoms with Crippen LogP contribution in [0.4, 0.5) is 15.8 Å². The monoisotopic (exact) mass is 377 g/mol. The predicted molar refractivity (Wildman–Crippen MR) is 90.2 cm³/mol. The molecule has 2 N–H and O–H groups in total. The minimum atomic E-state index is -4.20. The van der Waals surface area contributed by atoms with E-state index in [9.17, 15) is 27.7 Å². The summed E-state index contributed by atoms with van der Waals surface area (Å²) < 4.78 is 38.5. The largest absolute Gasteiger partial charge is 0.360 e. The molecule has 0 aliphatic carbocycles. The highest BCUT2D eigenvalue weighted by atomic mass is 32.2. The van der Waals surface area contributed by atoms with Crippen LogP contribution in [0.25, 0.3) is 0 Å². The van der Waals surface area contributed by atoms with Gasteiger partial charge in [0.05, 0.1) is 9.82 Å². The summed E-state index contributed by atoms with van der Waals surface area (Å²) in [6.07, 6.45) is 1.01. The van der Waals surface area contributed by atoms with Crippen molar-refractivity contribution in [3.8, 4) is 0 Å². The third kappa shape index (κ3) is 3.26. The quantitative estimate of drug-likeness (QED) is 0.480. The van der Waals surface area contributed by atoms with E-state index in [1.807, 2.05) is 0 Å². The molecule has 1 aliphatic rings. The van der Waals surface area contributed by atoms with Crippen molar-refractivity contribution in [1.82, 2.24) is 5.32 Å². The standard InChI is InChI=1S/C16H12FN3O5S/c17-11-1-3-12(4-2-11)18-9-15-16(21)19-8-10-7-13(20(22)23)5-6-14(10)26(15,24)25/h1-7,9,18H,8H2,(H,19,21)/b15-9+. The Morgan fingerprint density at radius 3 is 2.54 bits per heavy atom. The van der Waals surface area contributed by atoms with Crippen LogP contribution in [-0.4, -0.2) is 19.2 Å². The Kier molecular flexibility index (Phi) is 4.43. The third-order valence-corrected chi connectivity index (χ3v) is 5.57. The normalized spacial score (nSPS) is 17.1. The summed E-state index contributed by atoms with van der Waals surface area (Å²) in [6, 6.07) is 8.40. The van der Waals surface area contributed by atoms with Crippen molar-refractivity contribution < 1.29 is 22.5 Å². The molecule has 0 atom stereocenters. The van der Waals surface area contributed by atoms with E-state index in [4.69, 9.17) is 0 Å². The fourth-order valence-corrected chi connectivity index (χ4v) is 3.91. The van der Waals surface area contributed by atoms with Crippen LogP contribution < -0.4 is 10.6 Å². The van der Waals surface area contributed by atoms with Crippen LogP contribution in [0.15, 0.2) is 58.5 Å². The molecule has 1 amide bonds. The average Bonchev–Trinajstić information content (AvgIpc) is 2.69. The molecular formula is C16H12FN3O5S. The molecule has 0 unspecified atom stereocenters. The molecule has 2 aromatic carbocycles. The van der Waals surface area contributed by atoms with Gasteiger partial charge in [0.1, 0.15) is 5.82 Å². The zero-order chi connectivity index (χ0) is 18.9. The minimum Gasteiger partial charge on any atom is -0.360 e. The molecule has 134 valence electrons. The number of carbonyl (C=O) groups is 1. The number of sulfone groups is 1. The number of benzene rings is 2. The topological polar surface area (TPSA) is 118 Å². The van der Waals surface area contributed by atoms with E-state index < -0.39 is 31.4 Å². The number of hydrogen-bond acceptors (Lipinski definition) is 6. The average molecular weight is 377 g/mol. The van der Waals surface area contributed by atoms with Crippen LogP contribution in [0.3, 0.4) is 0 Å². The number of nitro benzene ring substituents is 1. The Balaban J connectivity index is 2.03. The Labute approximate surface area is 147 Å². The smallest absolute Gasteiger partial charge is 0.269 e. The fraction of sp³-hybridized carbons (Fsp3) is 0.0625. The van der Waals surface area contributed by atoms with Gasteiger partial charge in [-0.25, -0.2) is 12.8 Å². The number of carbonyl (C=O) groups excluding carboxylic acids is 1. The maximum absolute atomic E-state index is 12.9. The second-order valence-electron chi connectivity index (χ2n) is 5.40. The van der Waals surface area contributed by atoms with Crippen LogP contribution in [0.2, 0.25) is 0 Å². The molecule has 0 saturated heterocycles. The summed E-state index contributed by atoms with van der Waals surface area (Å²) in [5.74, 6) is -1.31. The summed E-state index contributed by atoms with van der Waals surface area (Å²) in [4.78, 5) is 21.7. The van der Waals surface area contributed by atoms with Gasteiger partial charge in [-0.15, -0.1) is 0 Å². The molecule has 0 fully saturated rings. The lowest BCUT2D eigenvalue weighted by molar-refractivity contribution is -0.385. The second-order valence-corrected chi connectivity index (χ2v) is 7.28. The SMILES string of the molecule is O=C1NCc2cc([N+](=O)[O-])ccc2S(=O)(=O)/C1=C/Nc1ccc(F)cc1. The molecular weight excluding hydrogens is 365 g/mol. The molecule has 0 radical (unpaired) electrons. The fourth-order valence-electron chi connectivity index (χ4n) is 2.42. The Morgan fingerprint density at radius 1 is 1.19 bits per heavy atom.